The van der Waals surface area contributed by atoms with Gasteiger partial charge in [-0.3, -0.25) is 4.79 Å². The number of anilines is 1. The van der Waals surface area contributed by atoms with Gasteiger partial charge in [0.15, 0.2) is 0 Å². The average molecular weight is 417 g/mol. The first-order chi connectivity index (χ1) is 15.2. The number of amides is 1. The molecule has 1 aliphatic carbocycles. The summed E-state index contributed by atoms with van der Waals surface area (Å²) >= 11 is 0. The van der Waals surface area contributed by atoms with E-state index in [9.17, 15) is 4.79 Å². The van der Waals surface area contributed by atoms with Crippen LogP contribution in [0.3, 0.4) is 0 Å². The summed E-state index contributed by atoms with van der Waals surface area (Å²) in [6.07, 6.45) is 9.83. The Hall–Kier alpha value is -3.41. The molecule has 2 aromatic carbocycles. The fraction of sp³-hybridized carbons (Fsp3) is 0.320. The van der Waals surface area contributed by atoms with E-state index in [4.69, 9.17) is 4.74 Å². The Labute approximate surface area is 183 Å². The number of aromatic nitrogens is 2. The fourth-order valence-corrected chi connectivity index (χ4v) is 3.89. The summed E-state index contributed by atoms with van der Waals surface area (Å²) in [5, 5.41) is 6.40. The van der Waals surface area contributed by atoms with Gasteiger partial charge in [0.25, 0.3) is 5.91 Å². The molecule has 1 aromatic heterocycles. The van der Waals surface area contributed by atoms with E-state index in [2.05, 4.69) is 20.6 Å². The molecule has 1 saturated carbocycles. The van der Waals surface area contributed by atoms with E-state index in [1.807, 2.05) is 60.9 Å². The van der Waals surface area contributed by atoms with Gasteiger partial charge in [-0.1, -0.05) is 43.5 Å². The maximum Gasteiger partial charge on any atom is 0.251 e. The summed E-state index contributed by atoms with van der Waals surface area (Å²) in [6, 6.07) is 15.7. The van der Waals surface area contributed by atoms with Crippen LogP contribution in [-0.2, 0) is 6.54 Å². The van der Waals surface area contributed by atoms with Crippen LogP contribution < -0.4 is 15.4 Å². The van der Waals surface area contributed by atoms with Crippen molar-refractivity contribution in [2.75, 3.05) is 12.4 Å². The highest BCUT2D eigenvalue weighted by Gasteiger charge is 2.14. The Balaban J connectivity index is 1.39. The van der Waals surface area contributed by atoms with Crippen molar-refractivity contribution in [1.29, 1.82) is 0 Å². The third-order valence-corrected chi connectivity index (χ3v) is 5.64. The lowest BCUT2D eigenvalue weighted by molar-refractivity contribution is 0.0951. The van der Waals surface area contributed by atoms with Crippen LogP contribution in [0.25, 0.3) is 11.1 Å². The van der Waals surface area contributed by atoms with Crippen LogP contribution in [0.2, 0.25) is 0 Å². The number of benzene rings is 2. The minimum Gasteiger partial charge on any atom is -0.497 e. The van der Waals surface area contributed by atoms with Crippen molar-refractivity contribution < 1.29 is 9.53 Å². The summed E-state index contributed by atoms with van der Waals surface area (Å²) in [4.78, 5) is 21.6. The Bertz CT molecular complexity index is 1010. The Morgan fingerprint density at radius 2 is 1.77 bits per heavy atom. The molecule has 0 bridgehead atoms. The molecule has 1 aliphatic rings. The van der Waals surface area contributed by atoms with Crippen LogP contribution in [-0.4, -0.2) is 29.0 Å². The van der Waals surface area contributed by atoms with E-state index in [0.717, 1.165) is 22.4 Å². The second-order valence-corrected chi connectivity index (χ2v) is 7.89. The van der Waals surface area contributed by atoms with E-state index in [-0.39, 0.29) is 5.91 Å². The highest BCUT2D eigenvalue weighted by atomic mass is 16.5. The number of nitrogens with one attached hydrogen (secondary N) is 2. The van der Waals surface area contributed by atoms with Gasteiger partial charge in [-0.25, -0.2) is 9.97 Å². The van der Waals surface area contributed by atoms with Crippen molar-refractivity contribution in [3.63, 3.8) is 0 Å². The second kappa shape index (κ2) is 10.1. The number of methoxy groups -OCH3 is 1. The summed E-state index contributed by atoms with van der Waals surface area (Å²) in [6.45, 7) is 0.435. The molecule has 6 heteroatoms. The summed E-state index contributed by atoms with van der Waals surface area (Å²) in [7, 11) is 1.63. The van der Waals surface area contributed by atoms with E-state index < -0.39 is 0 Å². The highest BCUT2D eigenvalue weighted by Crippen LogP contribution is 2.22. The van der Waals surface area contributed by atoms with Gasteiger partial charge in [0.05, 0.1) is 7.11 Å². The van der Waals surface area contributed by atoms with Gasteiger partial charge in [-0.2, -0.15) is 0 Å². The lowest BCUT2D eigenvalue weighted by Gasteiger charge is -2.22. The third-order valence-electron chi connectivity index (χ3n) is 5.64. The molecule has 0 saturated heterocycles. The number of rotatable bonds is 7. The van der Waals surface area contributed by atoms with Crippen molar-refractivity contribution in [2.45, 2.75) is 44.7 Å². The molecule has 0 aliphatic heterocycles. The van der Waals surface area contributed by atoms with E-state index in [1.54, 1.807) is 7.11 Å². The molecule has 160 valence electrons. The van der Waals surface area contributed by atoms with E-state index >= 15 is 0 Å². The molecule has 1 heterocycles. The van der Waals surface area contributed by atoms with E-state index in [0.29, 0.717) is 24.1 Å². The number of nitrogens with zero attached hydrogens (tertiary/aromatic N) is 2. The quantitative estimate of drug-likeness (QED) is 0.577. The summed E-state index contributed by atoms with van der Waals surface area (Å²) in [5.41, 5.74) is 3.39. The van der Waals surface area contributed by atoms with Gasteiger partial charge in [-0.05, 0) is 48.2 Å². The smallest absolute Gasteiger partial charge is 0.251 e. The molecule has 1 fully saturated rings. The number of hydrogen-bond donors (Lipinski definition) is 2. The topological polar surface area (TPSA) is 76.1 Å². The minimum atomic E-state index is -0.124. The van der Waals surface area contributed by atoms with Gasteiger partial charge in [-0.15, -0.1) is 0 Å². The van der Waals surface area contributed by atoms with Gasteiger partial charge in [0.1, 0.15) is 5.75 Å². The first-order valence-corrected chi connectivity index (χ1v) is 10.8. The third kappa shape index (κ3) is 5.60. The molecule has 3 aromatic rings. The molecule has 2 N–H and O–H groups in total. The Kier molecular flexibility index (Phi) is 6.77. The van der Waals surface area contributed by atoms with Crippen molar-refractivity contribution in [3.8, 4) is 16.9 Å². The molecule has 0 radical (unpaired) electrons. The number of hydrogen-bond acceptors (Lipinski definition) is 5. The van der Waals surface area contributed by atoms with Crippen molar-refractivity contribution in [2.24, 2.45) is 0 Å². The molecule has 1 amide bonds. The molecule has 0 atom stereocenters. The summed E-state index contributed by atoms with van der Waals surface area (Å²) in [5.74, 6) is 1.32. The standard InChI is InChI=1S/C25H28N4O2/c1-31-23-12-5-7-18(13-23)15-26-24(30)20-9-6-8-19(14-20)21-16-27-25(28-17-21)29-22-10-3-2-4-11-22/h5-9,12-14,16-17,22H,2-4,10-11,15H2,1H3,(H,26,30)(H,27,28,29). The van der Waals surface area contributed by atoms with Gasteiger partial charge in [0, 0.05) is 36.1 Å². The average Bonchev–Trinajstić information content (AvgIpc) is 2.84. The lowest BCUT2D eigenvalue weighted by atomic mass is 9.96. The highest BCUT2D eigenvalue weighted by molar-refractivity contribution is 5.95. The molecular formula is C25H28N4O2. The van der Waals surface area contributed by atoms with Crippen LogP contribution in [0.5, 0.6) is 5.75 Å². The largest absolute Gasteiger partial charge is 0.497 e. The molecule has 0 unspecified atom stereocenters. The van der Waals surface area contributed by atoms with Gasteiger partial charge < -0.3 is 15.4 Å². The number of ether oxygens (including phenoxy) is 1. The van der Waals surface area contributed by atoms with Crippen LogP contribution in [0.4, 0.5) is 5.95 Å². The predicted octanol–water partition coefficient (Wildman–Crippen LogP) is 4.83. The van der Waals surface area contributed by atoms with Crippen LogP contribution in [0, 0.1) is 0 Å². The monoisotopic (exact) mass is 416 g/mol. The second-order valence-electron chi connectivity index (χ2n) is 7.89. The molecular weight excluding hydrogens is 388 g/mol. The molecule has 31 heavy (non-hydrogen) atoms. The maximum absolute atomic E-state index is 12.6. The van der Waals surface area contributed by atoms with Gasteiger partial charge >= 0.3 is 0 Å². The molecule has 4 rings (SSSR count). The molecule has 6 nitrogen and oxygen atoms in total. The number of carbonyl (C=O) groups excluding carboxylic acids is 1. The zero-order chi connectivity index (χ0) is 21.5. The predicted molar refractivity (Wildman–Crippen MR) is 122 cm³/mol. The zero-order valence-electron chi connectivity index (χ0n) is 17.8. The van der Waals surface area contributed by atoms with Gasteiger partial charge in [0.2, 0.25) is 5.95 Å². The Morgan fingerprint density at radius 3 is 2.55 bits per heavy atom. The fourth-order valence-electron chi connectivity index (χ4n) is 3.89. The summed E-state index contributed by atoms with van der Waals surface area (Å²) < 4.78 is 5.23. The lowest BCUT2D eigenvalue weighted by Crippen LogP contribution is -2.23. The first kappa shape index (κ1) is 20.8. The van der Waals surface area contributed by atoms with Crippen LogP contribution in [0.15, 0.2) is 60.9 Å². The SMILES string of the molecule is COc1cccc(CNC(=O)c2cccc(-c3cnc(NC4CCCCC4)nc3)c2)c1. The zero-order valence-corrected chi connectivity index (χ0v) is 17.8. The van der Waals surface area contributed by atoms with E-state index in [1.165, 1.54) is 32.1 Å². The van der Waals surface area contributed by atoms with Crippen LogP contribution in [0.1, 0.15) is 48.0 Å². The first-order valence-electron chi connectivity index (χ1n) is 10.8. The normalized spacial score (nSPS) is 14.1. The van der Waals surface area contributed by atoms with Crippen molar-refractivity contribution >= 4 is 11.9 Å². The van der Waals surface area contributed by atoms with Crippen molar-refractivity contribution in [1.82, 2.24) is 15.3 Å². The Morgan fingerprint density at radius 1 is 1.00 bits per heavy atom. The van der Waals surface area contributed by atoms with Crippen LogP contribution >= 0.6 is 0 Å². The minimum absolute atomic E-state index is 0.124. The van der Waals surface area contributed by atoms with Crippen molar-refractivity contribution in [3.05, 3.63) is 72.1 Å². The maximum atomic E-state index is 12.6. The molecule has 0 spiro atoms. The number of carbonyl (C=O) groups is 1.